The van der Waals surface area contributed by atoms with Crippen LogP contribution in [0.2, 0.25) is 0 Å². The Morgan fingerprint density at radius 1 is 1.42 bits per heavy atom. The van der Waals surface area contributed by atoms with E-state index in [-0.39, 0.29) is 24.1 Å². The molecular weight excluding hydrogens is 318 g/mol. The Hall–Kier alpha value is -1.73. The highest BCUT2D eigenvalue weighted by Crippen LogP contribution is 2.14. The largest absolute Gasteiger partial charge is 0.377 e. The Bertz CT molecular complexity index is 516. The summed E-state index contributed by atoms with van der Waals surface area (Å²) in [6, 6.07) is 2.94. The van der Waals surface area contributed by atoms with Crippen LogP contribution in [0.5, 0.6) is 0 Å². The monoisotopic (exact) mass is 342 g/mol. The first-order chi connectivity index (χ1) is 11.6. The van der Waals surface area contributed by atoms with Crippen LogP contribution in [0.4, 0.5) is 13.6 Å². The fourth-order valence-corrected chi connectivity index (χ4v) is 2.59. The van der Waals surface area contributed by atoms with E-state index in [2.05, 4.69) is 10.6 Å². The molecule has 1 fully saturated rings. The van der Waals surface area contributed by atoms with Gasteiger partial charge in [-0.15, -0.1) is 0 Å². The van der Waals surface area contributed by atoms with Crippen molar-refractivity contribution in [2.75, 3.05) is 26.4 Å². The van der Waals surface area contributed by atoms with Gasteiger partial charge in [-0.2, -0.15) is 0 Å². The van der Waals surface area contributed by atoms with Gasteiger partial charge in [-0.05, 0) is 38.3 Å². The molecule has 2 amide bonds. The van der Waals surface area contributed by atoms with Gasteiger partial charge in [-0.3, -0.25) is 0 Å². The number of amides is 2. The lowest BCUT2D eigenvalue weighted by Gasteiger charge is -2.16. The van der Waals surface area contributed by atoms with E-state index in [0.29, 0.717) is 19.8 Å². The summed E-state index contributed by atoms with van der Waals surface area (Å²) >= 11 is 0. The number of hydrogen-bond donors (Lipinski definition) is 2. The fourth-order valence-electron chi connectivity index (χ4n) is 2.59. The maximum Gasteiger partial charge on any atom is 0.315 e. The standard InChI is InChI=1S/C17H24F2N2O3/c1-12(10-14-15(18)5-2-6-16(14)19)21-17(22)20-7-9-23-11-13-4-3-8-24-13/h2,5-6,12-13H,3-4,7-11H2,1H3,(H2,20,21,22)/t12-,13-/m1/s1. The lowest BCUT2D eigenvalue weighted by molar-refractivity contribution is 0.0188. The Kier molecular flexibility index (Phi) is 7.39. The van der Waals surface area contributed by atoms with Crippen molar-refractivity contribution < 1.29 is 23.0 Å². The van der Waals surface area contributed by atoms with Crippen LogP contribution in [0.3, 0.4) is 0 Å². The molecule has 0 aromatic heterocycles. The van der Waals surface area contributed by atoms with E-state index >= 15 is 0 Å². The molecule has 2 atom stereocenters. The second kappa shape index (κ2) is 9.54. The van der Waals surface area contributed by atoms with Gasteiger partial charge in [-0.25, -0.2) is 13.6 Å². The van der Waals surface area contributed by atoms with Gasteiger partial charge in [0.15, 0.2) is 0 Å². The molecule has 2 N–H and O–H groups in total. The van der Waals surface area contributed by atoms with Gasteiger partial charge in [0.2, 0.25) is 0 Å². The van der Waals surface area contributed by atoms with Gasteiger partial charge < -0.3 is 20.1 Å². The zero-order valence-electron chi connectivity index (χ0n) is 13.8. The van der Waals surface area contributed by atoms with Crippen LogP contribution in [-0.4, -0.2) is 44.5 Å². The fraction of sp³-hybridized carbons (Fsp3) is 0.588. The molecule has 1 aromatic carbocycles. The summed E-state index contributed by atoms with van der Waals surface area (Å²) in [7, 11) is 0. The number of ether oxygens (including phenoxy) is 2. The summed E-state index contributed by atoms with van der Waals surface area (Å²) in [5, 5.41) is 5.30. The van der Waals surface area contributed by atoms with E-state index in [4.69, 9.17) is 9.47 Å². The number of nitrogens with one attached hydrogen (secondary N) is 2. The van der Waals surface area contributed by atoms with Crippen molar-refractivity contribution in [3.63, 3.8) is 0 Å². The lowest BCUT2D eigenvalue weighted by Crippen LogP contribution is -2.43. The molecule has 2 rings (SSSR count). The average molecular weight is 342 g/mol. The molecule has 0 bridgehead atoms. The van der Waals surface area contributed by atoms with Gasteiger partial charge >= 0.3 is 6.03 Å². The van der Waals surface area contributed by atoms with Crippen molar-refractivity contribution in [1.82, 2.24) is 10.6 Å². The summed E-state index contributed by atoms with van der Waals surface area (Å²) in [6.45, 7) is 3.77. The van der Waals surface area contributed by atoms with E-state index in [9.17, 15) is 13.6 Å². The van der Waals surface area contributed by atoms with Crippen LogP contribution < -0.4 is 10.6 Å². The minimum atomic E-state index is -0.605. The first-order valence-electron chi connectivity index (χ1n) is 8.23. The van der Waals surface area contributed by atoms with Crippen LogP contribution in [0.15, 0.2) is 18.2 Å². The minimum absolute atomic E-state index is 0.0230. The molecule has 1 heterocycles. The number of benzene rings is 1. The van der Waals surface area contributed by atoms with Gasteiger partial charge in [-0.1, -0.05) is 6.07 Å². The molecule has 5 nitrogen and oxygen atoms in total. The van der Waals surface area contributed by atoms with Crippen LogP contribution in [-0.2, 0) is 15.9 Å². The van der Waals surface area contributed by atoms with Crippen molar-refractivity contribution in [2.45, 2.75) is 38.3 Å². The Morgan fingerprint density at radius 2 is 2.17 bits per heavy atom. The summed E-state index contributed by atoms with van der Waals surface area (Å²) in [6.07, 6.45) is 2.32. The Labute approximate surface area is 140 Å². The molecule has 1 aliphatic rings. The molecule has 24 heavy (non-hydrogen) atoms. The topological polar surface area (TPSA) is 59.6 Å². The minimum Gasteiger partial charge on any atom is -0.377 e. The van der Waals surface area contributed by atoms with Gasteiger partial charge in [0.1, 0.15) is 11.6 Å². The Morgan fingerprint density at radius 3 is 2.83 bits per heavy atom. The molecule has 1 aliphatic heterocycles. The number of halogens is 2. The van der Waals surface area contributed by atoms with E-state index in [0.717, 1.165) is 19.4 Å². The van der Waals surface area contributed by atoms with Gasteiger partial charge in [0, 0.05) is 24.8 Å². The molecule has 0 unspecified atom stereocenters. The molecule has 7 heteroatoms. The van der Waals surface area contributed by atoms with Crippen LogP contribution in [0.25, 0.3) is 0 Å². The van der Waals surface area contributed by atoms with Gasteiger partial charge in [0.05, 0.1) is 19.3 Å². The molecule has 1 aromatic rings. The van der Waals surface area contributed by atoms with E-state index in [1.54, 1.807) is 6.92 Å². The second-order valence-electron chi connectivity index (χ2n) is 5.92. The predicted molar refractivity (Wildman–Crippen MR) is 85.9 cm³/mol. The second-order valence-corrected chi connectivity index (χ2v) is 5.92. The first kappa shape index (κ1) is 18.6. The number of urea groups is 1. The molecule has 134 valence electrons. The third kappa shape index (κ3) is 6.05. The summed E-state index contributed by atoms with van der Waals surface area (Å²) in [5.41, 5.74) is -0.0230. The molecule has 0 spiro atoms. The number of carbonyl (C=O) groups is 1. The highest BCUT2D eigenvalue weighted by atomic mass is 19.1. The van der Waals surface area contributed by atoms with E-state index in [1.165, 1.54) is 18.2 Å². The smallest absolute Gasteiger partial charge is 0.315 e. The van der Waals surface area contributed by atoms with Crippen LogP contribution in [0.1, 0.15) is 25.3 Å². The predicted octanol–water partition coefficient (Wildman–Crippen LogP) is 2.39. The third-order valence-corrected chi connectivity index (χ3v) is 3.81. The van der Waals surface area contributed by atoms with E-state index in [1.807, 2.05) is 0 Å². The maximum atomic E-state index is 13.6. The van der Waals surface area contributed by atoms with Crippen LogP contribution >= 0.6 is 0 Å². The Balaban J connectivity index is 1.61. The van der Waals surface area contributed by atoms with Crippen molar-refractivity contribution in [3.8, 4) is 0 Å². The maximum absolute atomic E-state index is 13.6. The average Bonchev–Trinajstić information content (AvgIpc) is 3.04. The quantitative estimate of drug-likeness (QED) is 0.713. The normalized spacial score (nSPS) is 18.4. The summed E-state index contributed by atoms with van der Waals surface area (Å²) in [4.78, 5) is 11.7. The van der Waals surface area contributed by atoms with Crippen molar-refractivity contribution in [1.29, 1.82) is 0 Å². The van der Waals surface area contributed by atoms with Crippen LogP contribution in [0, 0.1) is 11.6 Å². The first-order valence-corrected chi connectivity index (χ1v) is 8.23. The molecule has 0 aliphatic carbocycles. The zero-order chi connectivity index (χ0) is 17.4. The SMILES string of the molecule is C[C@H](Cc1c(F)cccc1F)NC(=O)NCCOC[C@H]1CCCO1. The summed E-state index contributed by atoms with van der Waals surface area (Å²) in [5.74, 6) is -1.21. The van der Waals surface area contributed by atoms with Crippen molar-refractivity contribution in [2.24, 2.45) is 0 Å². The van der Waals surface area contributed by atoms with Crippen molar-refractivity contribution in [3.05, 3.63) is 35.4 Å². The molecular formula is C17H24F2N2O3. The van der Waals surface area contributed by atoms with Gasteiger partial charge in [0.25, 0.3) is 0 Å². The number of rotatable bonds is 8. The number of hydrogen-bond acceptors (Lipinski definition) is 3. The zero-order valence-corrected chi connectivity index (χ0v) is 13.8. The molecule has 0 radical (unpaired) electrons. The lowest BCUT2D eigenvalue weighted by atomic mass is 10.1. The number of carbonyl (C=O) groups excluding carboxylic acids is 1. The third-order valence-electron chi connectivity index (χ3n) is 3.81. The van der Waals surface area contributed by atoms with E-state index < -0.39 is 17.7 Å². The van der Waals surface area contributed by atoms with Crippen molar-refractivity contribution >= 4 is 6.03 Å². The highest BCUT2D eigenvalue weighted by Gasteiger charge is 2.16. The summed E-state index contributed by atoms with van der Waals surface area (Å²) < 4.78 is 38.0. The highest BCUT2D eigenvalue weighted by molar-refractivity contribution is 5.74. The molecule has 1 saturated heterocycles. The molecule has 0 saturated carbocycles.